The van der Waals surface area contributed by atoms with Gasteiger partial charge >= 0.3 is 0 Å². The summed E-state index contributed by atoms with van der Waals surface area (Å²) in [5, 5.41) is 3.09. The molecule has 0 aliphatic heterocycles. The molecule has 3 aromatic rings. The predicted octanol–water partition coefficient (Wildman–Crippen LogP) is 4.05. The molecular weight excluding hydrogens is 373 g/mol. The minimum Gasteiger partial charge on any atom is -0.370 e. The number of halogens is 1. The molecule has 0 saturated heterocycles. The smallest absolute Gasteiger partial charge is 0.271 e. The molecule has 2 N–H and O–H groups in total. The van der Waals surface area contributed by atoms with Crippen LogP contribution in [0.25, 0.3) is 0 Å². The van der Waals surface area contributed by atoms with Crippen LogP contribution in [0.15, 0.2) is 58.9 Å². The molecule has 0 atom stereocenters. The van der Waals surface area contributed by atoms with E-state index in [9.17, 15) is 12.8 Å². The van der Waals surface area contributed by atoms with E-state index >= 15 is 0 Å². The molecule has 2 heterocycles. The molecule has 0 spiro atoms. The molecule has 0 aliphatic carbocycles. The van der Waals surface area contributed by atoms with Crippen molar-refractivity contribution in [2.24, 2.45) is 0 Å². The first kappa shape index (κ1) is 18.3. The largest absolute Gasteiger partial charge is 0.370 e. The Morgan fingerprint density at radius 2 is 1.92 bits per heavy atom. The minimum atomic E-state index is -3.60. The highest BCUT2D eigenvalue weighted by Crippen LogP contribution is 2.23. The van der Waals surface area contributed by atoms with Crippen molar-refractivity contribution in [1.82, 2.24) is 4.98 Å². The van der Waals surface area contributed by atoms with Crippen molar-refractivity contribution in [3.8, 4) is 0 Å². The Morgan fingerprint density at radius 1 is 1.12 bits per heavy atom. The van der Waals surface area contributed by atoms with Crippen molar-refractivity contribution < 1.29 is 12.8 Å². The van der Waals surface area contributed by atoms with Crippen molar-refractivity contribution in [3.63, 3.8) is 0 Å². The third kappa shape index (κ3) is 4.59. The number of nitrogens with one attached hydrogen (secondary N) is 2. The summed E-state index contributed by atoms with van der Waals surface area (Å²) in [6, 6.07) is 13.3. The molecule has 26 heavy (non-hydrogen) atoms. The molecule has 136 valence electrons. The Morgan fingerprint density at radius 3 is 2.58 bits per heavy atom. The third-order valence-corrected chi connectivity index (χ3v) is 6.53. The predicted molar refractivity (Wildman–Crippen MR) is 103 cm³/mol. The second-order valence-corrected chi connectivity index (χ2v) is 8.87. The normalized spacial score (nSPS) is 11.3. The second kappa shape index (κ2) is 7.84. The van der Waals surface area contributed by atoms with Crippen molar-refractivity contribution in [2.75, 3.05) is 16.6 Å². The van der Waals surface area contributed by atoms with Gasteiger partial charge in [-0.3, -0.25) is 4.72 Å². The molecule has 8 heteroatoms. The van der Waals surface area contributed by atoms with E-state index in [4.69, 9.17) is 0 Å². The van der Waals surface area contributed by atoms with Gasteiger partial charge in [-0.2, -0.15) is 0 Å². The summed E-state index contributed by atoms with van der Waals surface area (Å²) in [5.74, 6) is 0.368. The summed E-state index contributed by atoms with van der Waals surface area (Å²) in [6.07, 6.45) is 1.98. The van der Waals surface area contributed by atoms with Crippen LogP contribution in [0.4, 0.5) is 15.9 Å². The fourth-order valence-electron chi connectivity index (χ4n) is 2.35. The first-order valence-corrected chi connectivity index (χ1v) is 10.3. The summed E-state index contributed by atoms with van der Waals surface area (Å²) in [6.45, 7) is 2.38. The van der Waals surface area contributed by atoms with Gasteiger partial charge in [0.05, 0.1) is 11.9 Å². The van der Waals surface area contributed by atoms with Crippen LogP contribution < -0.4 is 10.0 Å². The lowest BCUT2D eigenvalue weighted by atomic mass is 10.1. The van der Waals surface area contributed by atoms with Gasteiger partial charge in [0.25, 0.3) is 10.0 Å². The monoisotopic (exact) mass is 391 g/mol. The number of thiophene rings is 1. The van der Waals surface area contributed by atoms with E-state index in [0.29, 0.717) is 30.0 Å². The quantitative estimate of drug-likeness (QED) is 0.637. The Labute approximate surface area is 156 Å². The lowest BCUT2D eigenvalue weighted by Crippen LogP contribution is -2.12. The van der Waals surface area contributed by atoms with Crippen molar-refractivity contribution in [3.05, 3.63) is 71.0 Å². The molecule has 0 aliphatic rings. The van der Waals surface area contributed by atoms with Crippen LogP contribution in [-0.4, -0.2) is 19.9 Å². The van der Waals surface area contributed by atoms with Gasteiger partial charge in [0.1, 0.15) is 15.8 Å². The number of rotatable bonds is 7. The van der Waals surface area contributed by atoms with Crippen LogP contribution in [-0.2, 0) is 16.4 Å². The van der Waals surface area contributed by atoms with Gasteiger partial charge in [0.15, 0.2) is 0 Å². The Balaban J connectivity index is 1.57. The number of aryl methyl sites for hydroxylation is 1. The number of anilines is 2. The van der Waals surface area contributed by atoms with Crippen LogP contribution in [0.1, 0.15) is 10.4 Å². The van der Waals surface area contributed by atoms with Gasteiger partial charge in [-0.25, -0.2) is 17.8 Å². The van der Waals surface area contributed by atoms with Crippen LogP contribution in [0.3, 0.4) is 0 Å². The molecule has 0 saturated carbocycles. The summed E-state index contributed by atoms with van der Waals surface area (Å²) in [7, 11) is -3.60. The summed E-state index contributed by atoms with van der Waals surface area (Å²) < 4.78 is 40.9. The highest BCUT2D eigenvalue weighted by molar-refractivity contribution is 7.94. The van der Waals surface area contributed by atoms with Crippen molar-refractivity contribution in [2.45, 2.75) is 17.6 Å². The van der Waals surface area contributed by atoms with E-state index in [1.165, 1.54) is 23.6 Å². The molecule has 1 aromatic carbocycles. The molecule has 2 aromatic heterocycles. The topological polar surface area (TPSA) is 71.1 Å². The van der Waals surface area contributed by atoms with E-state index in [-0.39, 0.29) is 10.0 Å². The number of benzene rings is 1. The average Bonchev–Trinajstić information content (AvgIpc) is 3.05. The lowest BCUT2D eigenvalue weighted by Gasteiger charge is -2.09. The van der Waals surface area contributed by atoms with Gasteiger partial charge in [-0.05, 0) is 49.2 Å². The number of hydrogen-bond donors (Lipinski definition) is 2. The highest BCUT2D eigenvalue weighted by atomic mass is 32.2. The molecule has 5 nitrogen and oxygen atoms in total. The number of pyridine rings is 1. The van der Waals surface area contributed by atoms with Gasteiger partial charge in [0, 0.05) is 11.4 Å². The molecule has 0 radical (unpaired) electrons. The maximum Gasteiger partial charge on any atom is 0.271 e. The SMILES string of the molecule is Cc1ccc(S(=O)(=O)Nc2ccc(NCCc3ccccc3F)nc2)s1. The first-order chi connectivity index (χ1) is 12.4. The van der Waals surface area contributed by atoms with Gasteiger partial charge in [-0.1, -0.05) is 18.2 Å². The second-order valence-electron chi connectivity index (χ2n) is 5.67. The zero-order valence-corrected chi connectivity index (χ0v) is 15.7. The number of aromatic nitrogens is 1. The van der Waals surface area contributed by atoms with E-state index in [2.05, 4.69) is 15.0 Å². The van der Waals surface area contributed by atoms with Crippen LogP contribution in [0.5, 0.6) is 0 Å². The molecule has 3 rings (SSSR count). The first-order valence-electron chi connectivity index (χ1n) is 7.97. The Hall–Kier alpha value is -2.45. The zero-order chi connectivity index (χ0) is 18.6. The standard InChI is InChI=1S/C18H18FN3O2S2/c1-13-6-9-18(25-13)26(23,24)22-15-7-8-17(21-12-15)20-11-10-14-4-2-3-5-16(14)19/h2-9,12,22H,10-11H2,1H3,(H,20,21). The van der Waals surface area contributed by atoms with E-state index in [1.54, 1.807) is 42.5 Å². The fourth-order valence-corrected chi connectivity index (χ4v) is 4.67. The van der Waals surface area contributed by atoms with Crippen molar-refractivity contribution in [1.29, 1.82) is 0 Å². The zero-order valence-electron chi connectivity index (χ0n) is 14.1. The molecule has 0 fully saturated rings. The number of nitrogens with zero attached hydrogens (tertiary/aromatic N) is 1. The van der Waals surface area contributed by atoms with E-state index in [0.717, 1.165) is 4.88 Å². The van der Waals surface area contributed by atoms with Gasteiger partial charge < -0.3 is 5.32 Å². The Kier molecular flexibility index (Phi) is 5.53. The highest BCUT2D eigenvalue weighted by Gasteiger charge is 2.16. The summed E-state index contributed by atoms with van der Waals surface area (Å²) in [5.41, 5.74) is 1.02. The maximum atomic E-state index is 13.6. The fraction of sp³-hybridized carbons (Fsp3) is 0.167. The van der Waals surface area contributed by atoms with E-state index < -0.39 is 10.0 Å². The minimum absolute atomic E-state index is 0.226. The maximum absolute atomic E-state index is 13.6. The number of sulfonamides is 1. The average molecular weight is 391 g/mol. The molecule has 0 amide bonds. The summed E-state index contributed by atoms with van der Waals surface area (Å²) in [4.78, 5) is 5.12. The van der Waals surface area contributed by atoms with Gasteiger partial charge in [-0.15, -0.1) is 11.3 Å². The molecule has 0 unspecified atom stereocenters. The Bertz CT molecular complexity index is 986. The molecular formula is C18H18FN3O2S2. The van der Waals surface area contributed by atoms with Gasteiger partial charge in [0.2, 0.25) is 0 Å². The van der Waals surface area contributed by atoms with Crippen LogP contribution in [0, 0.1) is 12.7 Å². The van der Waals surface area contributed by atoms with Crippen molar-refractivity contribution >= 4 is 32.9 Å². The lowest BCUT2D eigenvalue weighted by molar-refractivity contribution is 0.603. The summed E-state index contributed by atoms with van der Waals surface area (Å²) >= 11 is 1.21. The molecule has 0 bridgehead atoms. The number of hydrogen-bond acceptors (Lipinski definition) is 5. The van der Waals surface area contributed by atoms with Crippen LogP contribution >= 0.6 is 11.3 Å². The third-order valence-electron chi connectivity index (χ3n) is 3.65. The van der Waals surface area contributed by atoms with E-state index in [1.807, 2.05) is 6.92 Å². The van der Waals surface area contributed by atoms with Crippen LogP contribution in [0.2, 0.25) is 0 Å².